The van der Waals surface area contributed by atoms with Crippen molar-refractivity contribution in [1.29, 1.82) is 0 Å². The van der Waals surface area contributed by atoms with E-state index in [0.29, 0.717) is 36.2 Å². The highest BCUT2D eigenvalue weighted by molar-refractivity contribution is 7.10. The normalized spacial score (nSPS) is 20.3. The van der Waals surface area contributed by atoms with Gasteiger partial charge in [-0.25, -0.2) is 4.39 Å². The molecular weight excluding hydrogens is 761 g/mol. The average molecular weight is 803 g/mol. The minimum absolute atomic E-state index is 0.0301. The van der Waals surface area contributed by atoms with Gasteiger partial charge in [0.15, 0.2) is 0 Å². The number of carboxylic acids is 1. The molecule has 2 amide bonds. The maximum atomic E-state index is 14.9. The van der Waals surface area contributed by atoms with Crippen LogP contribution >= 0.6 is 11.3 Å². The van der Waals surface area contributed by atoms with E-state index in [1.807, 2.05) is 0 Å². The Balaban J connectivity index is 1.47. The molecule has 3 aromatic rings. The molecule has 300 valence electrons. The van der Waals surface area contributed by atoms with Gasteiger partial charge in [-0.3, -0.25) is 19.4 Å². The highest BCUT2D eigenvalue weighted by Gasteiger charge is 2.56. The molecule has 0 saturated carbocycles. The topological polar surface area (TPSA) is 135 Å². The van der Waals surface area contributed by atoms with Crippen molar-refractivity contribution in [1.82, 2.24) is 14.8 Å². The van der Waals surface area contributed by atoms with Crippen LogP contribution in [-0.2, 0) is 27.5 Å². The SMILES string of the molecule is CCC[C@H]1N(C(=O)c2ncccc2C(F)(F)F)CCC[C@@]1(Oc1csc(C(F)(F)F)c1)C(=O)N1CCC(N)(c2cc(F)ccc2OCCCCC(=O)O)CC1. The number of halogens is 7. The van der Waals surface area contributed by atoms with Crippen LogP contribution in [0.25, 0.3) is 0 Å². The molecule has 2 aliphatic heterocycles. The van der Waals surface area contributed by atoms with E-state index in [4.69, 9.17) is 20.3 Å². The molecule has 0 aliphatic carbocycles. The zero-order chi connectivity index (χ0) is 40.2. The van der Waals surface area contributed by atoms with Crippen molar-refractivity contribution >= 4 is 29.1 Å². The Bertz CT molecular complexity index is 1850. The number of aromatic nitrogens is 1. The predicted molar refractivity (Wildman–Crippen MR) is 186 cm³/mol. The molecule has 0 spiro atoms. The van der Waals surface area contributed by atoms with Gasteiger partial charge < -0.3 is 30.1 Å². The van der Waals surface area contributed by atoms with E-state index in [-0.39, 0.29) is 76.3 Å². The largest absolute Gasteiger partial charge is 0.493 e. The number of aliphatic carboxylic acids is 1. The average Bonchev–Trinajstić information content (AvgIpc) is 3.61. The third-order valence-corrected chi connectivity index (χ3v) is 10.9. The third kappa shape index (κ3) is 9.34. The molecule has 2 fully saturated rings. The molecule has 2 aliphatic rings. The van der Waals surface area contributed by atoms with Gasteiger partial charge in [0.1, 0.15) is 27.9 Å². The molecule has 1 aromatic carbocycles. The van der Waals surface area contributed by atoms with Gasteiger partial charge in [-0.2, -0.15) is 26.3 Å². The van der Waals surface area contributed by atoms with Gasteiger partial charge >= 0.3 is 18.3 Å². The van der Waals surface area contributed by atoms with Crippen LogP contribution in [0.15, 0.2) is 48.0 Å². The van der Waals surface area contributed by atoms with Crippen molar-refractivity contribution in [3.8, 4) is 11.5 Å². The molecule has 5 rings (SSSR count). The van der Waals surface area contributed by atoms with Gasteiger partial charge in [-0.15, -0.1) is 11.3 Å². The number of alkyl halides is 6. The number of ether oxygens (including phenoxy) is 2. The van der Waals surface area contributed by atoms with E-state index in [0.717, 1.165) is 34.7 Å². The first-order chi connectivity index (χ1) is 25.9. The molecular formula is C37H41F7N4O6S. The van der Waals surface area contributed by atoms with Crippen LogP contribution in [0.2, 0.25) is 0 Å². The third-order valence-electron chi connectivity index (χ3n) is 9.98. The Labute approximate surface area is 316 Å². The standard InChI is InChI=1S/C37H41F7N4O6S/c1-2-7-28-35(54-24-21-29(55-22-24)37(42,43)44,12-6-16-48(28)32(51)31-25(36(39,40)41)8-5-15-46-31)33(52)47-17-13-34(45,14-18-47)26-20-23(38)10-11-27(26)53-19-4-3-9-30(49)50/h5,8,10-11,15,20-22,28H,2-4,6-7,9,12-14,16-19,45H2,1H3,(H,49,50)/t28-,35+/m1/s1. The van der Waals surface area contributed by atoms with Crippen molar-refractivity contribution in [2.45, 2.75) is 94.2 Å². The number of piperidine rings is 2. The lowest BCUT2D eigenvalue weighted by atomic mass is 9.77. The number of likely N-dealkylation sites (tertiary alicyclic amines) is 2. The molecule has 4 heterocycles. The molecule has 2 atom stereocenters. The monoisotopic (exact) mass is 802 g/mol. The zero-order valence-electron chi connectivity index (χ0n) is 29.8. The van der Waals surface area contributed by atoms with Crippen LogP contribution in [0.1, 0.15) is 91.2 Å². The van der Waals surface area contributed by atoms with Crippen LogP contribution in [-0.4, -0.2) is 75.6 Å². The van der Waals surface area contributed by atoms with Crippen molar-refractivity contribution in [3.05, 3.63) is 75.5 Å². The van der Waals surface area contributed by atoms with E-state index < -0.39 is 69.3 Å². The van der Waals surface area contributed by atoms with Gasteiger partial charge in [-0.05, 0) is 68.9 Å². The van der Waals surface area contributed by atoms with E-state index in [1.165, 1.54) is 23.1 Å². The van der Waals surface area contributed by atoms with Crippen LogP contribution in [0.4, 0.5) is 30.7 Å². The molecule has 0 radical (unpaired) electrons. The summed E-state index contributed by atoms with van der Waals surface area (Å²) < 4.78 is 110. The fraction of sp³-hybridized carbons (Fsp3) is 0.514. The minimum atomic E-state index is -4.93. The second-order valence-electron chi connectivity index (χ2n) is 13.7. The van der Waals surface area contributed by atoms with Crippen molar-refractivity contribution in [2.75, 3.05) is 26.2 Å². The fourth-order valence-electron chi connectivity index (χ4n) is 7.30. The number of pyridine rings is 1. The van der Waals surface area contributed by atoms with Gasteiger partial charge in [0.05, 0.1) is 18.2 Å². The number of nitrogens with zero attached hydrogens (tertiary/aromatic N) is 3. The lowest BCUT2D eigenvalue weighted by molar-refractivity contribution is -0.161. The summed E-state index contributed by atoms with van der Waals surface area (Å²) >= 11 is 0.348. The number of carbonyl (C=O) groups is 3. The second kappa shape index (κ2) is 16.7. The summed E-state index contributed by atoms with van der Waals surface area (Å²) in [7, 11) is 0. The summed E-state index contributed by atoms with van der Waals surface area (Å²) in [6.07, 6.45) is -7.36. The lowest BCUT2D eigenvalue weighted by Crippen LogP contribution is -2.69. The molecule has 0 unspecified atom stereocenters. The van der Waals surface area contributed by atoms with Crippen LogP contribution < -0.4 is 15.2 Å². The van der Waals surface area contributed by atoms with Crippen molar-refractivity contribution in [2.24, 2.45) is 5.73 Å². The number of rotatable bonds is 13. The Morgan fingerprint density at radius 1 is 1.02 bits per heavy atom. The fourth-order valence-corrected chi connectivity index (χ4v) is 7.98. The quantitative estimate of drug-likeness (QED) is 0.133. The van der Waals surface area contributed by atoms with Crippen LogP contribution in [0.5, 0.6) is 11.5 Å². The number of amides is 2. The summed E-state index contributed by atoms with van der Waals surface area (Å²) in [5.41, 5.74) is 1.81. The molecule has 2 aromatic heterocycles. The number of hydrogen-bond acceptors (Lipinski definition) is 8. The first-order valence-corrected chi connectivity index (χ1v) is 18.7. The van der Waals surface area contributed by atoms with Crippen LogP contribution in [0.3, 0.4) is 0 Å². The smallest absolute Gasteiger partial charge is 0.425 e. The summed E-state index contributed by atoms with van der Waals surface area (Å²) in [6, 6.07) is 5.15. The highest BCUT2D eigenvalue weighted by Crippen LogP contribution is 2.44. The van der Waals surface area contributed by atoms with Crippen LogP contribution in [0, 0.1) is 5.82 Å². The molecule has 18 heteroatoms. The van der Waals surface area contributed by atoms with Gasteiger partial charge in [0.2, 0.25) is 5.60 Å². The number of nitrogens with two attached hydrogens (primary N) is 1. The number of hydrogen-bond donors (Lipinski definition) is 2. The summed E-state index contributed by atoms with van der Waals surface area (Å²) in [4.78, 5) is 45.1. The second-order valence-corrected chi connectivity index (χ2v) is 14.6. The Morgan fingerprint density at radius 3 is 2.38 bits per heavy atom. The zero-order valence-corrected chi connectivity index (χ0v) is 30.7. The lowest BCUT2D eigenvalue weighted by Gasteiger charge is -2.51. The van der Waals surface area contributed by atoms with E-state index >= 15 is 0 Å². The highest BCUT2D eigenvalue weighted by atomic mass is 32.1. The number of carbonyl (C=O) groups excluding carboxylic acids is 2. The Morgan fingerprint density at radius 2 is 1.75 bits per heavy atom. The molecule has 3 N–H and O–H groups in total. The summed E-state index contributed by atoms with van der Waals surface area (Å²) in [5.74, 6) is -3.32. The van der Waals surface area contributed by atoms with Crippen molar-refractivity contribution < 1.29 is 59.7 Å². The van der Waals surface area contributed by atoms with E-state index in [9.17, 15) is 45.1 Å². The molecule has 2 saturated heterocycles. The van der Waals surface area contributed by atoms with Gasteiger partial charge in [-0.1, -0.05) is 13.3 Å². The maximum absolute atomic E-state index is 14.9. The predicted octanol–water partition coefficient (Wildman–Crippen LogP) is 7.65. The number of unbranched alkanes of at least 4 members (excludes halogenated alkanes) is 1. The summed E-state index contributed by atoms with van der Waals surface area (Å²) in [6.45, 7) is 1.74. The molecule has 0 bridgehead atoms. The maximum Gasteiger partial charge on any atom is 0.425 e. The first kappa shape index (κ1) is 41.7. The molecule has 10 nitrogen and oxygen atoms in total. The Kier molecular flexibility index (Phi) is 12.7. The number of carboxylic acid groups (broad SMARTS) is 1. The molecule has 55 heavy (non-hydrogen) atoms. The Hall–Kier alpha value is -4.45. The minimum Gasteiger partial charge on any atom is -0.493 e. The number of benzene rings is 1. The van der Waals surface area contributed by atoms with E-state index in [2.05, 4.69) is 4.98 Å². The van der Waals surface area contributed by atoms with Crippen molar-refractivity contribution in [3.63, 3.8) is 0 Å². The van der Waals surface area contributed by atoms with E-state index in [1.54, 1.807) is 6.92 Å². The number of thiophene rings is 1. The summed E-state index contributed by atoms with van der Waals surface area (Å²) in [5, 5.41) is 10.00. The van der Waals surface area contributed by atoms with Gasteiger partial charge in [0, 0.05) is 61.2 Å². The first-order valence-electron chi connectivity index (χ1n) is 17.8. The van der Waals surface area contributed by atoms with Gasteiger partial charge in [0.25, 0.3) is 11.8 Å².